The molecule has 0 saturated carbocycles. The van der Waals surface area contributed by atoms with E-state index in [1.165, 1.54) is 6.07 Å². The molecule has 0 aliphatic carbocycles. The first kappa shape index (κ1) is 15.3. The van der Waals surface area contributed by atoms with Crippen LogP contribution in [0.15, 0.2) is 10.9 Å². The topological polar surface area (TPSA) is 71.2 Å². The van der Waals surface area contributed by atoms with Crippen molar-refractivity contribution < 1.29 is 9.53 Å². The Morgan fingerprint density at radius 2 is 2.00 bits per heavy atom. The number of hydrogen-bond donors (Lipinski definition) is 2. The van der Waals surface area contributed by atoms with Crippen molar-refractivity contribution in [1.82, 2.24) is 10.3 Å². The van der Waals surface area contributed by atoms with Crippen molar-refractivity contribution in [3.05, 3.63) is 27.5 Å². The Bertz CT molecular complexity index is 504. The van der Waals surface area contributed by atoms with Gasteiger partial charge in [-0.15, -0.1) is 0 Å². The summed E-state index contributed by atoms with van der Waals surface area (Å²) in [5.41, 5.74) is 1.06. The molecule has 1 heterocycles. The summed E-state index contributed by atoms with van der Waals surface area (Å²) in [6, 6.07) is 1.50. The number of carbonyl (C=O) groups is 1. The molecule has 1 aromatic rings. The van der Waals surface area contributed by atoms with Crippen molar-refractivity contribution in [2.24, 2.45) is 5.92 Å². The van der Waals surface area contributed by atoms with E-state index in [9.17, 15) is 9.59 Å². The molecule has 0 saturated heterocycles. The van der Waals surface area contributed by atoms with Crippen molar-refractivity contribution in [3.8, 4) is 5.88 Å². The van der Waals surface area contributed by atoms with E-state index in [2.05, 4.69) is 10.3 Å². The normalized spacial score (nSPS) is 10.9. The molecule has 0 aliphatic rings. The minimum atomic E-state index is -0.129. The van der Waals surface area contributed by atoms with Gasteiger partial charge in [-0.25, -0.2) is 0 Å². The van der Waals surface area contributed by atoms with E-state index in [4.69, 9.17) is 4.74 Å². The molecule has 19 heavy (non-hydrogen) atoms. The third-order valence-electron chi connectivity index (χ3n) is 2.55. The summed E-state index contributed by atoms with van der Waals surface area (Å²) in [6.07, 6.45) is -0.0444. The van der Waals surface area contributed by atoms with Crippen LogP contribution in [0.1, 0.15) is 39.0 Å². The van der Waals surface area contributed by atoms with Crippen LogP contribution < -0.4 is 15.5 Å². The molecule has 0 unspecified atom stereocenters. The van der Waals surface area contributed by atoms with E-state index in [0.29, 0.717) is 11.4 Å². The standard InChI is InChI=1S/C14H22N2O3/c1-8(2)13(18)15-7-11-12(17)6-10(5)16-14(11)19-9(3)4/h6,8-9H,7H2,1-5H3,(H,15,18)(H,16,17). The zero-order valence-corrected chi connectivity index (χ0v) is 12.2. The Morgan fingerprint density at radius 1 is 1.37 bits per heavy atom. The number of aryl methyl sites for hydroxylation is 1. The number of hydrogen-bond acceptors (Lipinski definition) is 3. The Labute approximate surface area is 113 Å². The van der Waals surface area contributed by atoms with Crippen LogP contribution in [0, 0.1) is 12.8 Å². The van der Waals surface area contributed by atoms with E-state index in [1.807, 2.05) is 13.8 Å². The van der Waals surface area contributed by atoms with Gasteiger partial charge in [0.2, 0.25) is 5.91 Å². The predicted octanol–water partition coefficient (Wildman–Crippen LogP) is 1.74. The molecular formula is C14H22N2O3. The summed E-state index contributed by atoms with van der Waals surface area (Å²) in [6.45, 7) is 9.36. The van der Waals surface area contributed by atoms with Gasteiger partial charge >= 0.3 is 0 Å². The Morgan fingerprint density at radius 3 is 2.53 bits per heavy atom. The highest BCUT2D eigenvalue weighted by Gasteiger charge is 2.14. The summed E-state index contributed by atoms with van der Waals surface area (Å²) in [4.78, 5) is 26.6. The molecule has 0 radical (unpaired) electrons. The van der Waals surface area contributed by atoms with Crippen LogP contribution in [-0.2, 0) is 11.3 Å². The van der Waals surface area contributed by atoms with Crippen LogP contribution in [0.25, 0.3) is 0 Å². The third kappa shape index (κ3) is 4.43. The summed E-state index contributed by atoms with van der Waals surface area (Å²) in [7, 11) is 0. The summed E-state index contributed by atoms with van der Waals surface area (Å²) < 4.78 is 5.59. The number of nitrogens with one attached hydrogen (secondary N) is 2. The average molecular weight is 266 g/mol. The minimum absolute atomic E-state index is 0.0444. The first-order valence-corrected chi connectivity index (χ1v) is 6.48. The second kappa shape index (κ2) is 6.41. The third-order valence-corrected chi connectivity index (χ3v) is 2.55. The highest BCUT2D eigenvalue weighted by molar-refractivity contribution is 5.77. The van der Waals surface area contributed by atoms with Crippen LogP contribution in [0.3, 0.4) is 0 Å². The molecule has 1 aromatic heterocycles. The number of amides is 1. The molecule has 5 nitrogen and oxygen atoms in total. The molecule has 0 fully saturated rings. The van der Waals surface area contributed by atoms with Crippen molar-refractivity contribution in [3.63, 3.8) is 0 Å². The maximum absolute atomic E-state index is 12.0. The maximum Gasteiger partial charge on any atom is 0.222 e. The molecule has 0 bridgehead atoms. The zero-order chi connectivity index (χ0) is 14.6. The molecular weight excluding hydrogens is 244 g/mol. The van der Waals surface area contributed by atoms with Gasteiger partial charge in [0.25, 0.3) is 0 Å². The summed E-state index contributed by atoms with van der Waals surface area (Å²) in [5, 5.41) is 2.73. The largest absolute Gasteiger partial charge is 0.476 e. The number of rotatable bonds is 5. The highest BCUT2D eigenvalue weighted by atomic mass is 16.5. The molecule has 0 atom stereocenters. The van der Waals surface area contributed by atoms with Crippen molar-refractivity contribution in [2.45, 2.75) is 47.3 Å². The van der Waals surface area contributed by atoms with Gasteiger partial charge < -0.3 is 15.0 Å². The van der Waals surface area contributed by atoms with Crippen LogP contribution in [-0.4, -0.2) is 17.0 Å². The van der Waals surface area contributed by atoms with Gasteiger partial charge in [0.1, 0.15) is 0 Å². The number of aromatic amines is 1. The van der Waals surface area contributed by atoms with Gasteiger partial charge in [-0.3, -0.25) is 9.59 Å². The molecule has 0 spiro atoms. The average Bonchev–Trinajstić information content (AvgIpc) is 2.26. The number of aromatic nitrogens is 1. The van der Waals surface area contributed by atoms with Crippen LogP contribution in [0.4, 0.5) is 0 Å². The molecule has 5 heteroatoms. The minimum Gasteiger partial charge on any atom is -0.476 e. The first-order valence-electron chi connectivity index (χ1n) is 6.48. The van der Waals surface area contributed by atoms with Crippen molar-refractivity contribution in [2.75, 3.05) is 0 Å². The van der Waals surface area contributed by atoms with Gasteiger partial charge in [-0.2, -0.15) is 0 Å². The second-order valence-electron chi connectivity index (χ2n) is 5.16. The SMILES string of the molecule is Cc1cc(=O)c(CNC(=O)C(C)C)c(OC(C)C)[nH]1. The number of ether oxygens (including phenoxy) is 1. The van der Waals surface area contributed by atoms with E-state index in [0.717, 1.165) is 5.69 Å². The lowest BCUT2D eigenvalue weighted by Crippen LogP contribution is -2.30. The number of carbonyl (C=O) groups excluding carboxylic acids is 1. The van der Waals surface area contributed by atoms with E-state index in [1.54, 1.807) is 20.8 Å². The van der Waals surface area contributed by atoms with Crippen molar-refractivity contribution in [1.29, 1.82) is 0 Å². The lowest BCUT2D eigenvalue weighted by Gasteiger charge is -2.15. The lowest BCUT2D eigenvalue weighted by atomic mass is 10.2. The van der Waals surface area contributed by atoms with E-state index < -0.39 is 0 Å². The molecule has 1 rings (SSSR count). The Kier molecular flexibility index (Phi) is 5.15. The fourth-order valence-electron chi connectivity index (χ4n) is 1.57. The van der Waals surface area contributed by atoms with Gasteiger partial charge in [0, 0.05) is 17.7 Å². The van der Waals surface area contributed by atoms with Crippen LogP contribution in [0.5, 0.6) is 5.88 Å². The van der Waals surface area contributed by atoms with Gasteiger partial charge in [0.15, 0.2) is 11.3 Å². The highest BCUT2D eigenvalue weighted by Crippen LogP contribution is 2.14. The smallest absolute Gasteiger partial charge is 0.222 e. The van der Waals surface area contributed by atoms with Crippen LogP contribution in [0.2, 0.25) is 0 Å². The van der Waals surface area contributed by atoms with Gasteiger partial charge in [-0.05, 0) is 20.8 Å². The predicted molar refractivity (Wildman–Crippen MR) is 74.2 cm³/mol. The Balaban J connectivity index is 2.98. The monoisotopic (exact) mass is 266 g/mol. The maximum atomic E-state index is 12.0. The van der Waals surface area contributed by atoms with Crippen molar-refractivity contribution >= 4 is 5.91 Å². The Hall–Kier alpha value is -1.78. The van der Waals surface area contributed by atoms with Crippen LogP contribution >= 0.6 is 0 Å². The summed E-state index contributed by atoms with van der Waals surface area (Å²) >= 11 is 0. The lowest BCUT2D eigenvalue weighted by molar-refractivity contribution is -0.124. The fraction of sp³-hybridized carbons (Fsp3) is 0.571. The van der Waals surface area contributed by atoms with Gasteiger partial charge in [0.05, 0.1) is 18.2 Å². The quantitative estimate of drug-likeness (QED) is 0.852. The first-order chi connectivity index (χ1) is 8.81. The second-order valence-corrected chi connectivity index (χ2v) is 5.16. The molecule has 0 aromatic carbocycles. The van der Waals surface area contributed by atoms with Gasteiger partial charge in [-0.1, -0.05) is 13.8 Å². The fourth-order valence-corrected chi connectivity index (χ4v) is 1.57. The molecule has 0 aliphatic heterocycles. The molecule has 2 N–H and O–H groups in total. The van der Waals surface area contributed by atoms with E-state index >= 15 is 0 Å². The number of pyridine rings is 1. The van der Waals surface area contributed by atoms with E-state index in [-0.39, 0.29) is 29.9 Å². The summed E-state index contributed by atoms with van der Waals surface area (Å²) in [5.74, 6) is 0.235. The molecule has 106 valence electrons. The number of H-pyrrole nitrogens is 1. The zero-order valence-electron chi connectivity index (χ0n) is 12.2. The molecule has 1 amide bonds.